The highest BCUT2D eigenvalue weighted by Gasteiger charge is 2.30. The first-order valence-electron chi connectivity index (χ1n) is 3.32. The van der Waals surface area contributed by atoms with Gasteiger partial charge in [-0.15, -0.1) is 0 Å². The number of nitro groups is 2. The third-order valence-corrected chi connectivity index (χ3v) is 2.81. The molecule has 0 aliphatic rings. The highest BCUT2D eigenvalue weighted by molar-refractivity contribution is 9.10. The fourth-order valence-corrected chi connectivity index (χ4v) is 2.45. The van der Waals surface area contributed by atoms with Gasteiger partial charge in [-0.05, 0) is 22.0 Å². The zero-order chi connectivity index (χ0) is 11.7. The van der Waals surface area contributed by atoms with Crippen molar-refractivity contribution in [1.29, 1.82) is 0 Å². The predicted octanol–water partition coefficient (Wildman–Crippen LogP) is 3.57. The second kappa shape index (κ2) is 4.30. The Bertz CT molecular complexity index is 427. The van der Waals surface area contributed by atoms with Gasteiger partial charge in [0.1, 0.15) is 10.0 Å². The summed E-state index contributed by atoms with van der Waals surface area (Å²) in [5.74, 6) is 0. The summed E-state index contributed by atoms with van der Waals surface area (Å²) >= 11 is 13.8. The summed E-state index contributed by atoms with van der Waals surface area (Å²) in [6.07, 6.45) is 0. The van der Waals surface area contributed by atoms with Crippen LogP contribution >= 0.6 is 39.1 Å². The van der Waals surface area contributed by atoms with E-state index in [1.807, 2.05) is 0 Å². The Hall–Kier alpha value is -0.920. The Morgan fingerprint density at radius 3 is 1.67 bits per heavy atom. The Labute approximate surface area is 101 Å². The van der Waals surface area contributed by atoms with Crippen molar-refractivity contribution in [3.05, 3.63) is 40.8 Å². The number of nitrogens with zero attached hydrogens (tertiary/aromatic N) is 2. The standard InChI is InChI=1S/C6HBrCl2N2O4/c7-4-5(10(12)13)2(8)1-3(9)6(4)11(14)15/h1H. The first-order valence-corrected chi connectivity index (χ1v) is 4.87. The summed E-state index contributed by atoms with van der Waals surface area (Å²) < 4.78 is -0.338. The topological polar surface area (TPSA) is 86.3 Å². The summed E-state index contributed by atoms with van der Waals surface area (Å²) in [5, 5.41) is 20.6. The Morgan fingerprint density at radius 1 is 1.07 bits per heavy atom. The normalized spacial score (nSPS) is 10.1. The van der Waals surface area contributed by atoms with Crippen molar-refractivity contribution < 1.29 is 9.85 Å². The van der Waals surface area contributed by atoms with Crippen molar-refractivity contribution in [2.24, 2.45) is 0 Å². The van der Waals surface area contributed by atoms with E-state index in [1.54, 1.807) is 0 Å². The van der Waals surface area contributed by atoms with Gasteiger partial charge >= 0.3 is 11.4 Å². The fraction of sp³-hybridized carbons (Fsp3) is 0. The molecule has 0 aliphatic carbocycles. The van der Waals surface area contributed by atoms with Crippen LogP contribution in [0.15, 0.2) is 10.5 Å². The molecule has 0 amide bonds. The van der Waals surface area contributed by atoms with Crippen molar-refractivity contribution in [2.75, 3.05) is 0 Å². The fourth-order valence-electron chi connectivity index (χ4n) is 0.905. The molecular weight excluding hydrogens is 315 g/mol. The SMILES string of the molecule is O=[N+]([O-])c1c(Cl)cc(Cl)c([N+](=O)[O-])c1Br. The van der Waals surface area contributed by atoms with Crippen molar-refractivity contribution >= 4 is 50.5 Å². The van der Waals surface area contributed by atoms with E-state index >= 15 is 0 Å². The first-order chi connectivity index (χ1) is 6.86. The molecule has 0 heterocycles. The van der Waals surface area contributed by atoms with Gasteiger partial charge in [-0.1, -0.05) is 23.2 Å². The second-order valence-electron chi connectivity index (χ2n) is 2.37. The van der Waals surface area contributed by atoms with Crippen LogP contribution in [-0.4, -0.2) is 9.85 Å². The molecule has 0 N–H and O–H groups in total. The van der Waals surface area contributed by atoms with Gasteiger partial charge in [-0.25, -0.2) is 0 Å². The molecule has 9 heteroatoms. The second-order valence-corrected chi connectivity index (χ2v) is 3.97. The zero-order valence-electron chi connectivity index (χ0n) is 6.74. The Morgan fingerprint density at radius 2 is 1.40 bits per heavy atom. The van der Waals surface area contributed by atoms with Crippen LogP contribution in [-0.2, 0) is 0 Å². The smallest absolute Gasteiger partial charge is 0.258 e. The lowest BCUT2D eigenvalue weighted by Crippen LogP contribution is -1.97. The van der Waals surface area contributed by atoms with E-state index < -0.39 is 21.2 Å². The van der Waals surface area contributed by atoms with Crippen LogP contribution in [0, 0.1) is 20.2 Å². The molecule has 80 valence electrons. The summed E-state index contributed by atoms with van der Waals surface area (Å²) in [5.41, 5.74) is -1.15. The number of hydrogen-bond acceptors (Lipinski definition) is 4. The molecule has 1 aromatic carbocycles. The van der Waals surface area contributed by atoms with E-state index in [1.165, 1.54) is 0 Å². The highest BCUT2D eigenvalue weighted by atomic mass is 79.9. The van der Waals surface area contributed by atoms with E-state index in [0.29, 0.717) is 0 Å². The number of benzene rings is 1. The van der Waals surface area contributed by atoms with Crippen LogP contribution in [0.5, 0.6) is 0 Å². The average molecular weight is 316 g/mol. The quantitative estimate of drug-likeness (QED) is 0.616. The number of rotatable bonds is 2. The van der Waals surface area contributed by atoms with Crippen LogP contribution in [0.25, 0.3) is 0 Å². The van der Waals surface area contributed by atoms with Gasteiger partial charge in [0.05, 0.1) is 9.85 Å². The van der Waals surface area contributed by atoms with E-state index in [4.69, 9.17) is 23.2 Å². The Balaban J connectivity index is 3.64. The molecule has 1 rings (SSSR count). The molecule has 0 saturated carbocycles. The molecule has 0 saturated heterocycles. The monoisotopic (exact) mass is 314 g/mol. The molecule has 1 aromatic rings. The van der Waals surface area contributed by atoms with Crippen molar-refractivity contribution in [1.82, 2.24) is 0 Å². The summed E-state index contributed by atoms with van der Waals surface area (Å²) in [6.45, 7) is 0. The Kier molecular flexibility index (Phi) is 3.48. The summed E-state index contributed by atoms with van der Waals surface area (Å²) in [6, 6.07) is 0.962. The van der Waals surface area contributed by atoms with Crippen LogP contribution in [0.1, 0.15) is 0 Å². The third kappa shape index (κ3) is 2.19. The number of hydrogen-bond donors (Lipinski definition) is 0. The van der Waals surface area contributed by atoms with Gasteiger partial charge in [0.15, 0.2) is 4.47 Å². The minimum absolute atomic E-state index is 0.262. The van der Waals surface area contributed by atoms with E-state index in [2.05, 4.69) is 15.9 Å². The van der Waals surface area contributed by atoms with Crippen molar-refractivity contribution in [2.45, 2.75) is 0 Å². The molecule has 15 heavy (non-hydrogen) atoms. The van der Waals surface area contributed by atoms with Crippen LogP contribution < -0.4 is 0 Å². The van der Waals surface area contributed by atoms with E-state index in [0.717, 1.165) is 6.07 Å². The third-order valence-electron chi connectivity index (χ3n) is 1.49. The maximum atomic E-state index is 10.6. The van der Waals surface area contributed by atoms with Crippen LogP contribution in [0.3, 0.4) is 0 Å². The lowest BCUT2D eigenvalue weighted by atomic mass is 10.3. The van der Waals surface area contributed by atoms with Gasteiger partial charge in [0.25, 0.3) is 0 Å². The van der Waals surface area contributed by atoms with Gasteiger partial charge in [-0.2, -0.15) is 0 Å². The van der Waals surface area contributed by atoms with Crippen LogP contribution in [0.4, 0.5) is 11.4 Å². The minimum atomic E-state index is -0.824. The lowest BCUT2D eigenvalue weighted by Gasteiger charge is -2.01. The molecular formula is C6HBrCl2N2O4. The van der Waals surface area contributed by atoms with E-state index in [-0.39, 0.29) is 14.5 Å². The predicted molar refractivity (Wildman–Crippen MR) is 57.5 cm³/mol. The van der Waals surface area contributed by atoms with Gasteiger partial charge in [0, 0.05) is 0 Å². The molecule has 0 unspecified atom stereocenters. The highest BCUT2D eigenvalue weighted by Crippen LogP contribution is 2.43. The molecule has 0 radical (unpaired) electrons. The molecule has 0 fully saturated rings. The number of nitro benzene ring substituents is 2. The van der Waals surface area contributed by atoms with Crippen molar-refractivity contribution in [3.8, 4) is 0 Å². The molecule has 0 spiro atoms. The zero-order valence-corrected chi connectivity index (χ0v) is 9.84. The van der Waals surface area contributed by atoms with Gasteiger partial charge in [0.2, 0.25) is 0 Å². The maximum Gasteiger partial charge on any atom is 0.309 e. The van der Waals surface area contributed by atoms with Crippen molar-refractivity contribution in [3.63, 3.8) is 0 Å². The molecule has 0 atom stereocenters. The minimum Gasteiger partial charge on any atom is -0.258 e. The van der Waals surface area contributed by atoms with Gasteiger partial charge in [-0.3, -0.25) is 20.2 Å². The van der Waals surface area contributed by atoms with E-state index in [9.17, 15) is 20.2 Å². The first kappa shape index (κ1) is 12.2. The molecule has 0 bridgehead atoms. The molecule has 6 nitrogen and oxygen atoms in total. The lowest BCUT2D eigenvalue weighted by molar-refractivity contribution is -0.395. The largest absolute Gasteiger partial charge is 0.309 e. The maximum absolute atomic E-state index is 10.6. The average Bonchev–Trinajstić information content (AvgIpc) is 1.99. The summed E-state index contributed by atoms with van der Waals surface area (Å²) in [4.78, 5) is 19.5. The summed E-state index contributed by atoms with van der Waals surface area (Å²) in [7, 11) is 0. The van der Waals surface area contributed by atoms with Gasteiger partial charge < -0.3 is 0 Å². The van der Waals surface area contributed by atoms with Crippen LogP contribution in [0.2, 0.25) is 10.0 Å². The molecule has 0 aromatic heterocycles. The molecule has 0 aliphatic heterocycles. The number of halogens is 3.